The third-order valence-corrected chi connectivity index (χ3v) is 3.87. The first kappa shape index (κ1) is 27.1. The van der Waals surface area contributed by atoms with Gasteiger partial charge in [-0.25, -0.2) is 0 Å². The zero-order valence-electron chi connectivity index (χ0n) is 17.3. The Labute approximate surface area is 174 Å². The molecule has 13 heteroatoms. The Hall–Kier alpha value is -2.93. The molecule has 0 aliphatic heterocycles. The molecule has 30 heavy (non-hydrogen) atoms. The van der Waals surface area contributed by atoms with Gasteiger partial charge in [-0.05, 0) is 25.2 Å². The number of aliphatic hydroxyl groups is 1. The second-order valence-corrected chi connectivity index (χ2v) is 7.10. The molecule has 0 fully saturated rings. The van der Waals surface area contributed by atoms with Crippen molar-refractivity contribution in [1.29, 1.82) is 0 Å². The van der Waals surface area contributed by atoms with Crippen molar-refractivity contribution >= 4 is 29.7 Å². The van der Waals surface area contributed by atoms with Crippen molar-refractivity contribution in [1.82, 2.24) is 16.0 Å². The number of hydrogen-bond donors (Lipinski definition) is 8. The van der Waals surface area contributed by atoms with Crippen LogP contribution < -0.4 is 33.2 Å². The van der Waals surface area contributed by atoms with E-state index in [0.717, 1.165) is 0 Å². The lowest BCUT2D eigenvalue weighted by molar-refractivity contribution is -0.138. The molecule has 0 rings (SSSR count). The second kappa shape index (κ2) is 14.1. The van der Waals surface area contributed by atoms with Crippen molar-refractivity contribution in [2.75, 3.05) is 19.7 Å². The smallest absolute Gasteiger partial charge is 0.322 e. The van der Waals surface area contributed by atoms with Gasteiger partial charge in [-0.1, -0.05) is 13.8 Å². The number of nitrogens with zero attached hydrogens (tertiary/aromatic N) is 1. The Morgan fingerprint density at radius 1 is 1.00 bits per heavy atom. The van der Waals surface area contributed by atoms with Gasteiger partial charge >= 0.3 is 5.97 Å². The van der Waals surface area contributed by atoms with Gasteiger partial charge < -0.3 is 43.4 Å². The number of aliphatic carboxylic acids is 1. The number of carbonyl (C=O) groups excluding carboxylic acids is 3. The average Bonchev–Trinajstić information content (AvgIpc) is 2.65. The number of aliphatic imine (C=N–C) groups is 1. The highest BCUT2D eigenvalue weighted by atomic mass is 16.4. The standard InChI is InChI=1S/C17H33N7O6/c1-9(2)6-10(18)14(28)24-12(8-25)16(30)23-11(4-3-5-21-17(19)20)15(29)22-7-13(26)27/h9-12,25H,3-8,18H2,1-2H3,(H,22,29)(H,23,30)(H,24,28)(H,26,27)(H4,19,20,21). The molecule has 0 aromatic carbocycles. The fraction of sp³-hybridized carbons (Fsp3) is 0.706. The molecule has 3 atom stereocenters. The van der Waals surface area contributed by atoms with E-state index in [2.05, 4.69) is 20.9 Å². The van der Waals surface area contributed by atoms with Gasteiger partial charge in [0, 0.05) is 6.54 Å². The van der Waals surface area contributed by atoms with Crippen LogP contribution in [-0.4, -0.2) is 77.7 Å². The van der Waals surface area contributed by atoms with Crippen molar-refractivity contribution in [3.05, 3.63) is 0 Å². The van der Waals surface area contributed by atoms with Gasteiger partial charge in [-0.15, -0.1) is 0 Å². The van der Waals surface area contributed by atoms with Gasteiger partial charge in [0.1, 0.15) is 18.6 Å². The Morgan fingerprint density at radius 2 is 1.60 bits per heavy atom. The van der Waals surface area contributed by atoms with Crippen LogP contribution in [0.3, 0.4) is 0 Å². The molecule has 0 aromatic heterocycles. The van der Waals surface area contributed by atoms with E-state index in [0.29, 0.717) is 12.8 Å². The topological polar surface area (TPSA) is 235 Å². The molecule has 3 amide bonds. The van der Waals surface area contributed by atoms with Crippen LogP contribution in [-0.2, 0) is 19.2 Å². The highest BCUT2D eigenvalue weighted by molar-refractivity contribution is 5.93. The Bertz CT molecular complexity index is 622. The van der Waals surface area contributed by atoms with E-state index < -0.39 is 55.0 Å². The van der Waals surface area contributed by atoms with Crippen LogP contribution in [0.25, 0.3) is 0 Å². The van der Waals surface area contributed by atoms with Crippen LogP contribution in [0.1, 0.15) is 33.1 Å². The summed E-state index contributed by atoms with van der Waals surface area (Å²) in [6, 6.07) is -3.31. The monoisotopic (exact) mass is 431 g/mol. The number of amides is 3. The molecule has 172 valence electrons. The summed E-state index contributed by atoms with van der Waals surface area (Å²) in [6.07, 6.45) is 0.780. The van der Waals surface area contributed by atoms with Crippen LogP contribution in [0, 0.1) is 5.92 Å². The maximum Gasteiger partial charge on any atom is 0.322 e. The first-order chi connectivity index (χ1) is 14.0. The molecule has 11 N–H and O–H groups in total. The van der Waals surface area contributed by atoms with Crippen LogP contribution in [0.4, 0.5) is 0 Å². The predicted molar refractivity (Wildman–Crippen MR) is 109 cm³/mol. The summed E-state index contributed by atoms with van der Waals surface area (Å²) in [6.45, 7) is 2.59. The van der Waals surface area contributed by atoms with E-state index in [9.17, 15) is 24.3 Å². The molecule has 0 aliphatic rings. The Balaban J connectivity index is 5.05. The highest BCUT2D eigenvalue weighted by Gasteiger charge is 2.27. The van der Waals surface area contributed by atoms with Crippen molar-refractivity contribution in [3.8, 4) is 0 Å². The third-order valence-electron chi connectivity index (χ3n) is 3.87. The molecule has 0 spiro atoms. The van der Waals surface area contributed by atoms with E-state index in [1.165, 1.54) is 0 Å². The van der Waals surface area contributed by atoms with Crippen LogP contribution in [0.15, 0.2) is 4.99 Å². The molecule has 0 saturated carbocycles. The van der Waals surface area contributed by atoms with Crippen molar-refractivity contribution in [2.24, 2.45) is 28.1 Å². The maximum atomic E-state index is 12.5. The van der Waals surface area contributed by atoms with E-state index >= 15 is 0 Å². The number of hydrogen-bond acceptors (Lipinski definition) is 7. The number of rotatable bonds is 14. The number of carbonyl (C=O) groups is 4. The van der Waals surface area contributed by atoms with Gasteiger partial charge in [0.2, 0.25) is 17.7 Å². The number of aliphatic hydroxyl groups excluding tert-OH is 1. The van der Waals surface area contributed by atoms with Gasteiger partial charge in [-0.2, -0.15) is 0 Å². The summed E-state index contributed by atoms with van der Waals surface area (Å²) in [7, 11) is 0. The summed E-state index contributed by atoms with van der Waals surface area (Å²) in [5.41, 5.74) is 16.2. The molecular formula is C17H33N7O6. The summed E-state index contributed by atoms with van der Waals surface area (Å²) < 4.78 is 0. The van der Waals surface area contributed by atoms with Crippen LogP contribution >= 0.6 is 0 Å². The minimum atomic E-state index is -1.33. The first-order valence-electron chi connectivity index (χ1n) is 9.50. The molecule has 3 unspecified atom stereocenters. The van der Waals surface area contributed by atoms with E-state index in [1.807, 2.05) is 13.8 Å². The van der Waals surface area contributed by atoms with E-state index in [1.54, 1.807) is 0 Å². The number of guanidine groups is 1. The zero-order valence-corrected chi connectivity index (χ0v) is 17.3. The van der Waals surface area contributed by atoms with Crippen LogP contribution in [0.2, 0.25) is 0 Å². The molecular weight excluding hydrogens is 398 g/mol. The van der Waals surface area contributed by atoms with Gasteiger partial charge in [0.05, 0.1) is 12.6 Å². The second-order valence-electron chi connectivity index (χ2n) is 7.10. The minimum absolute atomic E-state index is 0.0902. The first-order valence-corrected chi connectivity index (χ1v) is 9.50. The fourth-order valence-corrected chi connectivity index (χ4v) is 2.42. The SMILES string of the molecule is CC(C)CC(N)C(=O)NC(CO)C(=O)NC(CCCN=C(N)N)C(=O)NCC(=O)O. The molecule has 0 aromatic rings. The summed E-state index contributed by atoms with van der Waals surface area (Å²) >= 11 is 0. The molecule has 0 aliphatic carbocycles. The maximum absolute atomic E-state index is 12.5. The van der Waals surface area contributed by atoms with Crippen molar-refractivity contribution < 1.29 is 29.4 Å². The third kappa shape index (κ3) is 11.8. The Kier molecular flexibility index (Phi) is 12.7. The van der Waals surface area contributed by atoms with Gasteiger partial charge in [-0.3, -0.25) is 24.2 Å². The minimum Gasteiger partial charge on any atom is -0.480 e. The molecule has 13 nitrogen and oxygen atoms in total. The normalized spacial score (nSPS) is 13.6. The highest BCUT2D eigenvalue weighted by Crippen LogP contribution is 2.04. The van der Waals surface area contributed by atoms with Gasteiger partial charge in [0.15, 0.2) is 5.96 Å². The predicted octanol–water partition coefficient (Wildman–Crippen LogP) is -3.42. The van der Waals surface area contributed by atoms with Crippen molar-refractivity contribution in [2.45, 2.75) is 51.2 Å². The van der Waals surface area contributed by atoms with E-state index in [-0.39, 0.29) is 24.8 Å². The number of nitrogens with one attached hydrogen (secondary N) is 3. The number of nitrogens with two attached hydrogens (primary N) is 3. The average molecular weight is 431 g/mol. The summed E-state index contributed by atoms with van der Waals surface area (Å²) in [5, 5.41) is 25.1. The molecule has 0 saturated heterocycles. The summed E-state index contributed by atoms with van der Waals surface area (Å²) in [4.78, 5) is 51.2. The van der Waals surface area contributed by atoms with Gasteiger partial charge in [0.25, 0.3) is 0 Å². The molecule has 0 bridgehead atoms. The lowest BCUT2D eigenvalue weighted by Gasteiger charge is -2.23. The number of carboxylic acids is 1. The number of carboxylic acid groups (broad SMARTS) is 1. The largest absolute Gasteiger partial charge is 0.480 e. The quantitative estimate of drug-likeness (QED) is 0.0775. The zero-order chi connectivity index (χ0) is 23.3. The van der Waals surface area contributed by atoms with E-state index in [4.69, 9.17) is 22.3 Å². The molecule has 0 heterocycles. The summed E-state index contributed by atoms with van der Waals surface area (Å²) in [5.74, 6) is -3.41. The molecule has 0 radical (unpaired) electrons. The fourth-order valence-electron chi connectivity index (χ4n) is 2.42. The van der Waals surface area contributed by atoms with Crippen LogP contribution in [0.5, 0.6) is 0 Å². The lowest BCUT2D eigenvalue weighted by atomic mass is 10.0. The van der Waals surface area contributed by atoms with Crippen molar-refractivity contribution in [3.63, 3.8) is 0 Å². The lowest BCUT2D eigenvalue weighted by Crippen LogP contribution is -2.57. The Morgan fingerprint density at radius 3 is 2.10 bits per heavy atom.